The van der Waals surface area contributed by atoms with Crippen molar-refractivity contribution < 1.29 is 24.1 Å². The molecule has 4 aromatic rings. The Bertz CT molecular complexity index is 1550. The second-order valence-electron chi connectivity index (χ2n) is 9.26. The van der Waals surface area contributed by atoms with E-state index < -0.39 is 6.04 Å². The molecule has 2 atom stereocenters. The minimum atomic E-state index is -0.492. The Balaban J connectivity index is 1.50. The molecule has 0 fully saturated rings. The highest BCUT2D eigenvalue weighted by Gasteiger charge is 2.40. The molecule has 3 aromatic carbocycles. The second kappa shape index (κ2) is 8.89. The number of benzene rings is 3. The number of methoxy groups -OCH3 is 3. The molecular formula is C29H27N3O5. The SMILES string of the molecule is COc1cc(C2CC(=O)C3=C(C2)Nc2nc4ccccc4n2C3c2ccccc2O)cc(OC)c1OC. The van der Waals surface area contributed by atoms with E-state index in [9.17, 15) is 9.90 Å². The van der Waals surface area contributed by atoms with Gasteiger partial charge in [-0.3, -0.25) is 9.36 Å². The van der Waals surface area contributed by atoms with Crippen LogP contribution in [-0.2, 0) is 4.79 Å². The molecule has 37 heavy (non-hydrogen) atoms. The van der Waals surface area contributed by atoms with Gasteiger partial charge in [-0.25, -0.2) is 4.98 Å². The van der Waals surface area contributed by atoms with Gasteiger partial charge in [0.1, 0.15) is 5.75 Å². The summed E-state index contributed by atoms with van der Waals surface area (Å²) in [6, 6.07) is 18.3. The quantitative estimate of drug-likeness (QED) is 0.392. The number of para-hydroxylation sites is 3. The highest BCUT2D eigenvalue weighted by atomic mass is 16.5. The largest absolute Gasteiger partial charge is 0.508 e. The van der Waals surface area contributed by atoms with E-state index in [1.165, 1.54) is 0 Å². The number of nitrogens with zero attached hydrogens (tertiary/aromatic N) is 2. The molecule has 0 bridgehead atoms. The molecule has 2 heterocycles. The average Bonchev–Trinajstić information content (AvgIpc) is 3.29. The van der Waals surface area contributed by atoms with E-state index in [2.05, 4.69) is 5.32 Å². The Hall–Kier alpha value is -4.46. The molecule has 2 N–H and O–H groups in total. The fourth-order valence-electron chi connectivity index (χ4n) is 5.61. The van der Waals surface area contributed by atoms with Gasteiger partial charge in [-0.15, -0.1) is 0 Å². The van der Waals surface area contributed by atoms with Crippen LogP contribution in [0.3, 0.4) is 0 Å². The predicted octanol–water partition coefficient (Wildman–Crippen LogP) is 5.18. The van der Waals surface area contributed by atoms with Gasteiger partial charge < -0.3 is 24.6 Å². The molecule has 8 heteroatoms. The highest BCUT2D eigenvalue weighted by molar-refractivity contribution is 6.01. The Morgan fingerprint density at radius 3 is 2.35 bits per heavy atom. The lowest BCUT2D eigenvalue weighted by atomic mass is 9.77. The first-order valence-electron chi connectivity index (χ1n) is 12.1. The van der Waals surface area contributed by atoms with Crippen LogP contribution in [0.1, 0.15) is 35.9 Å². The number of hydrogen-bond acceptors (Lipinski definition) is 7. The fourth-order valence-corrected chi connectivity index (χ4v) is 5.61. The summed E-state index contributed by atoms with van der Waals surface area (Å²) in [6.45, 7) is 0. The maximum atomic E-state index is 13.9. The van der Waals surface area contributed by atoms with Crippen LogP contribution in [0.2, 0.25) is 0 Å². The van der Waals surface area contributed by atoms with Crippen molar-refractivity contribution in [1.29, 1.82) is 0 Å². The molecule has 6 rings (SSSR count). The molecule has 1 aliphatic carbocycles. The number of imidazole rings is 1. The zero-order chi connectivity index (χ0) is 25.7. The standard InChI is InChI=1S/C29H27N3O5/c1-35-24-14-17(15-25(36-2)28(24)37-3)16-12-20-26(23(34)13-16)27(18-8-4-7-11-22(18)33)32-21-10-6-5-9-19(21)30-29(32)31-20/h4-11,14-16,27,33H,12-13H2,1-3H3,(H,30,31). The summed E-state index contributed by atoms with van der Waals surface area (Å²) >= 11 is 0. The van der Waals surface area contributed by atoms with Crippen LogP contribution < -0.4 is 19.5 Å². The molecule has 2 aliphatic rings. The molecule has 188 valence electrons. The van der Waals surface area contributed by atoms with Crippen molar-refractivity contribution in [3.8, 4) is 23.0 Å². The van der Waals surface area contributed by atoms with E-state index in [1.807, 2.05) is 53.1 Å². The summed E-state index contributed by atoms with van der Waals surface area (Å²) < 4.78 is 18.6. The molecule has 8 nitrogen and oxygen atoms in total. The number of Topliss-reactive ketones (excluding diaryl/α,β-unsaturated/α-hetero) is 1. The van der Waals surface area contributed by atoms with E-state index in [0.29, 0.717) is 47.2 Å². The van der Waals surface area contributed by atoms with Gasteiger partial charge in [0, 0.05) is 23.3 Å². The number of anilines is 1. The van der Waals surface area contributed by atoms with Crippen LogP contribution in [0.15, 0.2) is 71.9 Å². The van der Waals surface area contributed by atoms with Crippen LogP contribution in [0.25, 0.3) is 11.0 Å². The van der Waals surface area contributed by atoms with Gasteiger partial charge in [0.15, 0.2) is 17.3 Å². The van der Waals surface area contributed by atoms with E-state index in [-0.39, 0.29) is 17.5 Å². The van der Waals surface area contributed by atoms with Crippen LogP contribution in [0, 0.1) is 0 Å². The molecule has 2 unspecified atom stereocenters. The summed E-state index contributed by atoms with van der Waals surface area (Å²) in [7, 11) is 4.73. The average molecular weight is 498 g/mol. The highest BCUT2D eigenvalue weighted by Crippen LogP contribution is 2.49. The van der Waals surface area contributed by atoms with E-state index in [1.54, 1.807) is 33.5 Å². The Morgan fingerprint density at radius 1 is 0.946 bits per heavy atom. The van der Waals surface area contributed by atoms with Crippen LogP contribution in [0.5, 0.6) is 23.0 Å². The molecule has 0 amide bonds. The molecule has 0 saturated carbocycles. The maximum Gasteiger partial charge on any atom is 0.209 e. The number of nitrogens with one attached hydrogen (secondary N) is 1. The lowest BCUT2D eigenvalue weighted by molar-refractivity contribution is -0.116. The number of aromatic hydroxyl groups is 1. The lowest BCUT2D eigenvalue weighted by Crippen LogP contribution is -2.33. The van der Waals surface area contributed by atoms with Gasteiger partial charge in [-0.1, -0.05) is 30.3 Å². The maximum absolute atomic E-state index is 13.9. The molecular weight excluding hydrogens is 470 g/mol. The third-order valence-corrected chi connectivity index (χ3v) is 7.29. The molecule has 1 aromatic heterocycles. The predicted molar refractivity (Wildman–Crippen MR) is 140 cm³/mol. The van der Waals surface area contributed by atoms with E-state index >= 15 is 0 Å². The number of carbonyl (C=O) groups excluding carboxylic acids is 1. The summed E-state index contributed by atoms with van der Waals surface area (Å²) in [5.41, 5.74) is 4.77. The number of rotatable bonds is 5. The Labute approximate surface area is 214 Å². The number of phenolic OH excluding ortho intramolecular Hbond substituents is 1. The number of carbonyl (C=O) groups is 1. The third-order valence-electron chi connectivity index (χ3n) is 7.29. The Morgan fingerprint density at radius 2 is 1.65 bits per heavy atom. The first kappa shape index (κ1) is 23.0. The Kier molecular flexibility index (Phi) is 5.52. The third kappa shape index (κ3) is 3.59. The van der Waals surface area contributed by atoms with Crippen molar-refractivity contribution in [3.05, 3.63) is 83.1 Å². The zero-order valence-corrected chi connectivity index (χ0v) is 20.8. The van der Waals surface area contributed by atoms with Gasteiger partial charge in [-0.05, 0) is 48.2 Å². The van der Waals surface area contributed by atoms with Crippen molar-refractivity contribution in [3.63, 3.8) is 0 Å². The van der Waals surface area contributed by atoms with Gasteiger partial charge in [0.25, 0.3) is 0 Å². The van der Waals surface area contributed by atoms with Crippen molar-refractivity contribution in [2.45, 2.75) is 24.8 Å². The molecule has 0 saturated heterocycles. The summed E-state index contributed by atoms with van der Waals surface area (Å²) in [5, 5.41) is 14.3. The number of aromatic nitrogens is 2. The summed E-state index contributed by atoms with van der Waals surface area (Å²) in [4.78, 5) is 18.7. The number of ether oxygens (including phenoxy) is 3. The van der Waals surface area contributed by atoms with Crippen molar-refractivity contribution in [2.75, 3.05) is 26.6 Å². The normalized spacial score (nSPS) is 18.7. The monoisotopic (exact) mass is 497 g/mol. The molecule has 0 spiro atoms. The zero-order valence-electron chi connectivity index (χ0n) is 20.8. The first-order valence-corrected chi connectivity index (χ1v) is 12.1. The minimum Gasteiger partial charge on any atom is -0.508 e. The van der Waals surface area contributed by atoms with Gasteiger partial charge in [-0.2, -0.15) is 0 Å². The van der Waals surface area contributed by atoms with Crippen molar-refractivity contribution in [2.24, 2.45) is 0 Å². The lowest BCUT2D eigenvalue weighted by Gasteiger charge is -2.36. The first-order chi connectivity index (χ1) is 18.0. The van der Waals surface area contributed by atoms with Gasteiger partial charge >= 0.3 is 0 Å². The van der Waals surface area contributed by atoms with Crippen LogP contribution in [0.4, 0.5) is 5.95 Å². The topological polar surface area (TPSA) is 94.8 Å². The number of phenols is 1. The van der Waals surface area contributed by atoms with Gasteiger partial charge in [0.2, 0.25) is 11.7 Å². The van der Waals surface area contributed by atoms with E-state index in [4.69, 9.17) is 19.2 Å². The van der Waals surface area contributed by atoms with Crippen LogP contribution in [-0.4, -0.2) is 41.8 Å². The van der Waals surface area contributed by atoms with Gasteiger partial charge in [0.05, 0.1) is 38.4 Å². The molecule has 1 aliphatic heterocycles. The van der Waals surface area contributed by atoms with Crippen molar-refractivity contribution >= 4 is 22.8 Å². The van der Waals surface area contributed by atoms with E-state index in [0.717, 1.165) is 22.3 Å². The summed E-state index contributed by atoms with van der Waals surface area (Å²) in [6.07, 6.45) is 0.901. The van der Waals surface area contributed by atoms with Crippen LogP contribution >= 0.6 is 0 Å². The second-order valence-corrected chi connectivity index (χ2v) is 9.26. The molecule has 0 radical (unpaired) electrons. The summed E-state index contributed by atoms with van der Waals surface area (Å²) in [5.74, 6) is 2.32. The smallest absolute Gasteiger partial charge is 0.209 e. The number of allylic oxidation sites excluding steroid dienone is 2. The number of ketones is 1. The minimum absolute atomic E-state index is 0.0178. The number of hydrogen-bond donors (Lipinski definition) is 2. The van der Waals surface area contributed by atoms with Crippen molar-refractivity contribution in [1.82, 2.24) is 9.55 Å². The fraction of sp³-hybridized carbons (Fsp3) is 0.241. The number of fused-ring (bicyclic) bond motifs is 3.